The predicted molar refractivity (Wildman–Crippen MR) is 88.5 cm³/mol. The lowest BCUT2D eigenvalue weighted by molar-refractivity contribution is 0.0537. The molecule has 2 aliphatic heterocycles. The Labute approximate surface area is 127 Å². The topological polar surface area (TPSA) is 19.0 Å². The van der Waals surface area contributed by atoms with Crippen molar-refractivity contribution in [3.63, 3.8) is 0 Å². The molecule has 0 unspecified atom stereocenters. The van der Waals surface area contributed by atoms with Crippen LogP contribution < -0.4 is 0 Å². The Balaban J connectivity index is 1.75. The lowest BCUT2D eigenvalue weighted by atomic mass is 9.72. The molecule has 0 aliphatic carbocycles. The minimum Gasteiger partial charge on any atom is -0.357 e. The van der Waals surface area contributed by atoms with Crippen molar-refractivity contribution in [3.05, 3.63) is 35.5 Å². The molecule has 1 fully saturated rings. The van der Waals surface area contributed by atoms with E-state index >= 15 is 0 Å². The number of hydrogen-bond acceptors (Lipinski definition) is 1. The van der Waals surface area contributed by atoms with Crippen LogP contribution in [0.15, 0.2) is 24.3 Å². The van der Waals surface area contributed by atoms with E-state index in [4.69, 9.17) is 0 Å². The van der Waals surface area contributed by atoms with Gasteiger partial charge >= 0.3 is 0 Å². The second-order valence-electron chi connectivity index (χ2n) is 7.95. The average Bonchev–Trinajstić information content (AvgIpc) is 2.84. The summed E-state index contributed by atoms with van der Waals surface area (Å²) in [5.41, 5.74) is 4.84. The summed E-state index contributed by atoms with van der Waals surface area (Å²) in [6, 6.07) is 9.42. The summed E-state index contributed by atoms with van der Waals surface area (Å²) in [6.07, 6.45) is 3.87. The molecule has 0 saturated carbocycles. The van der Waals surface area contributed by atoms with Gasteiger partial charge < -0.3 is 4.98 Å². The van der Waals surface area contributed by atoms with E-state index in [-0.39, 0.29) is 0 Å². The zero-order valence-corrected chi connectivity index (χ0v) is 13.4. The lowest BCUT2D eigenvalue weighted by Crippen LogP contribution is -2.43. The van der Waals surface area contributed by atoms with Gasteiger partial charge in [0.15, 0.2) is 0 Å². The maximum Gasteiger partial charge on any atom is 0.0504 e. The maximum absolute atomic E-state index is 3.75. The maximum atomic E-state index is 3.75. The number of nitrogens with zero attached hydrogens (tertiary/aromatic N) is 1. The van der Waals surface area contributed by atoms with Crippen molar-refractivity contribution in [2.75, 3.05) is 13.1 Å². The van der Waals surface area contributed by atoms with E-state index in [0.29, 0.717) is 11.5 Å². The first-order chi connectivity index (χ1) is 10.0. The Morgan fingerprint density at radius 3 is 2.76 bits per heavy atom. The van der Waals surface area contributed by atoms with E-state index in [1.165, 1.54) is 48.9 Å². The van der Waals surface area contributed by atoms with Gasteiger partial charge in [0.2, 0.25) is 0 Å². The van der Waals surface area contributed by atoms with E-state index in [1.807, 2.05) is 0 Å². The fraction of sp³-hybridized carbons (Fsp3) is 0.579. The number of benzene rings is 1. The van der Waals surface area contributed by atoms with Gasteiger partial charge in [-0.15, -0.1) is 0 Å². The quantitative estimate of drug-likeness (QED) is 0.752. The summed E-state index contributed by atoms with van der Waals surface area (Å²) in [5.74, 6) is 0.830. The average molecular weight is 282 g/mol. The number of aromatic amines is 1. The Kier molecular flexibility index (Phi) is 2.94. The van der Waals surface area contributed by atoms with Gasteiger partial charge in [-0.25, -0.2) is 0 Å². The molecule has 2 aliphatic rings. The lowest BCUT2D eigenvalue weighted by Gasteiger charge is -2.46. The Morgan fingerprint density at radius 2 is 1.95 bits per heavy atom. The summed E-state index contributed by atoms with van der Waals surface area (Å²) in [4.78, 5) is 6.45. The van der Waals surface area contributed by atoms with Crippen molar-refractivity contribution in [2.24, 2.45) is 11.3 Å². The first-order valence-electron chi connectivity index (χ1n) is 8.37. The molecule has 0 amide bonds. The van der Waals surface area contributed by atoms with Crippen LogP contribution in [-0.4, -0.2) is 23.0 Å². The molecule has 1 saturated heterocycles. The molecule has 2 atom stereocenters. The minimum absolute atomic E-state index is 0.426. The van der Waals surface area contributed by atoms with E-state index in [0.717, 1.165) is 5.92 Å². The predicted octanol–water partition coefficient (Wildman–Crippen LogP) is 4.52. The molecule has 0 bridgehead atoms. The fourth-order valence-electron chi connectivity index (χ4n) is 4.40. The summed E-state index contributed by atoms with van der Waals surface area (Å²) in [6.45, 7) is 9.71. The van der Waals surface area contributed by atoms with Gasteiger partial charge in [0.25, 0.3) is 0 Å². The number of nitrogens with one attached hydrogen (secondary N) is 1. The Bertz CT molecular complexity index is 662. The van der Waals surface area contributed by atoms with Crippen LogP contribution in [-0.2, 0) is 6.42 Å². The Morgan fingerprint density at radius 1 is 1.14 bits per heavy atom. The van der Waals surface area contributed by atoms with Crippen molar-refractivity contribution in [2.45, 2.75) is 46.1 Å². The van der Waals surface area contributed by atoms with Gasteiger partial charge in [0, 0.05) is 23.1 Å². The molecular weight excluding hydrogens is 256 g/mol. The van der Waals surface area contributed by atoms with E-state index in [2.05, 4.69) is 54.9 Å². The van der Waals surface area contributed by atoms with Crippen molar-refractivity contribution >= 4 is 10.9 Å². The number of piperidine rings is 1. The molecule has 21 heavy (non-hydrogen) atoms. The third-order valence-corrected chi connectivity index (χ3v) is 5.77. The number of para-hydroxylation sites is 1. The number of rotatable bonds is 0. The third-order valence-electron chi connectivity index (χ3n) is 5.77. The highest BCUT2D eigenvalue weighted by Gasteiger charge is 2.38. The highest BCUT2D eigenvalue weighted by molar-refractivity contribution is 5.85. The van der Waals surface area contributed by atoms with E-state index in [9.17, 15) is 0 Å². The molecule has 4 rings (SSSR count). The van der Waals surface area contributed by atoms with Crippen molar-refractivity contribution in [3.8, 4) is 0 Å². The summed E-state index contributed by atoms with van der Waals surface area (Å²) >= 11 is 0. The van der Waals surface area contributed by atoms with Crippen LogP contribution in [0.3, 0.4) is 0 Å². The third kappa shape index (κ3) is 2.12. The van der Waals surface area contributed by atoms with E-state index < -0.39 is 0 Å². The first kappa shape index (κ1) is 13.4. The zero-order valence-electron chi connectivity index (χ0n) is 13.4. The van der Waals surface area contributed by atoms with Gasteiger partial charge in [-0.1, -0.05) is 39.0 Å². The van der Waals surface area contributed by atoms with Crippen molar-refractivity contribution in [1.82, 2.24) is 9.88 Å². The van der Waals surface area contributed by atoms with Crippen molar-refractivity contribution < 1.29 is 0 Å². The number of hydrogen-bond donors (Lipinski definition) is 1. The molecule has 0 radical (unpaired) electrons. The van der Waals surface area contributed by atoms with E-state index in [1.54, 1.807) is 5.56 Å². The fourth-order valence-corrected chi connectivity index (χ4v) is 4.40. The molecule has 2 heteroatoms. The van der Waals surface area contributed by atoms with Crippen molar-refractivity contribution in [1.29, 1.82) is 0 Å². The van der Waals surface area contributed by atoms with Crippen LogP contribution in [0.4, 0.5) is 0 Å². The second-order valence-corrected chi connectivity index (χ2v) is 7.95. The Hall–Kier alpha value is -1.28. The zero-order chi connectivity index (χ0) is 14.6. The highest BCUT2D eigenvalue weighted by atomic mass is 15.2. The van der Waals surface area contributed by atoms with Crippen LogP contribution in [0.25, 0.3) is 10.9 Å². The van der Waals surface area contributed by atoms with Gasteiger partial charge in [0.1, 0.15) is 0 Å². The van der Waals surface area contributed by atoms with Gasteiger partial charge in [0.05, 0.1) is 6.04 Å². The molecule has 2 nitrogen and oxygen atoms in total. The molecule has 112 valence electrons. The number of H-pyrrole nitrogens is 1. The SMILES string of the molecule is CC(C)(C)[C@@H]1CCN2CCc3c([nH]c4ccccc34)[C@@H]2C1. The van der Waals surface area contributed by atoms with Gasteiger partial charge in [-0.3, -0.25) is 4.90 Å². The molecule has 1 N–H and O–H groups in total. The molecular formula is C19H26N2. The monoisotopic (exact) mass is 282 g/mol. The van der Waals surface area contributed by atoms with Gasteiger partial charge in [-0.05, 0) is 48.8 Å². The smallest absolute Gasteiger partial charge is 0.0504 e. The standard InChI is InChI=1S/C19H26N2/c1-19(2,3)13-8-10-21-11-9-15-14-6-4-5-7-16(14)20-18(15)17(21)12-13/h4-7,13,17,20H,8-12H2,1-3H3/t13-,17+/m1/s1. The first-order valence-corrected chi connectivity index (χ1v) is 8.37. The molecule has 3 heterocycles. The molecule has 1 aromatic carbocycles. The van der Waals surface area contributed by atoms with Gasteiger partial charge in [-0.2, -0.15) is 0 Å². The molecule has 2 aromatic rings. The normalized spacial score (nSPS) is 26.6. The summed E-state index contributed by atoms with van der Waals surface area (Å²) < 4.78 is 0. The molecule has 0 spiro atoms. The molecule has 1 aromatic heterocycles. The summed E-state index contributed by atoms with van der Waals surface area (Å²) in [7, 11) is 0. The summed E-state index contributed by atoms with van der Waals surface area (Å²) in [5, 5.41) is 1.45. The largest absolute Gasteiger partial charge is 0.357 e. The van der Waals surface area contributed by atoms with Crippen LogP contribution in [0.2, 0.25) is 0 Å². The van der Waals surface area contributed by atoms with Crippen LogP contribution in [0.1, 0.15) is 50.9 Å². The number of aromatic nitrogens is 1. The van der Waals surface area contributed by atoms with Crippen LogP contribution in [0, 0.1) is 11.3 Å². The second kappa shape index (κ2) is 4.61. The highest BCUT2D eigenvalue weighted by Crippen LogP contribution is 2.45. The van der Waals surface area contributed by atoms with Crippen LogP contribution in [0.5, 0.6) is 0 Å². The van der Waals surface area contributed by atoms with Crippen LogP contribution >= 0.6 is 0 Å². The minimum atomic E-state index is 0.426. The number of fused-ring (bicyclic) bond motifs is 5.